The Bertz CT molecular complexity index is 1440. The summed E-state index contributed by atoms with van der Waals surface area (Å²) in [5.41, 5.74) is 1.70. The lowest BCUT2D eigenvalue weighted by molar-refractivity contribution is -0.129. The van der Waals surface area contributed by atoms with E-state index in [4.69, 9.17) is 37.1 Å². The highest BCUT2D eigenvalue weighted by Crippen LogP contribution is 2.36. The fraction of sp³-hybridized carbons (Fsp3) is 0.0769. The van der Waals surface area contributed by atoms with Gasteiger partial charge in [-0.05, 0) is 60.5 Å². The van der Waals surface area contributed by atoms with Gasteiger partial charge < -0.3 is 13.9 Å². The van der Waals surface area contributed by atoms with Crippen molar-refractivity contribution < 1.29 is 18.7 Å². The van der Waals surface area contributed by atoms with E-state index in [1.54, 1.807) is 74.7 Å². The van der Waals surface area contributed by atoms with Gasteiger partial charge in [0.2, 0.25) is 11.2 Å². The Hall–Kier alpha value is -3.54. The Kier molecular flexibility index (Phi) is 6.54. The van der Waals surface area contributed by atoms with Crippen molar-refractivity contribution in [3.8, 4) is 22.8 Å². The molecule has 0 N–H and O–H groups in total. The predicted octanol–water partition coefficient (Wildman–Crippen LogP) is 6.70. The Morgan fingerprint density at radius 2 is 1.73 bits per heavy atom. The molecule has 33 heavy (non-hydrogen) atoms. The average Bonchev–Trinajstić information content (AvgIpc) is 2.81. The van der Waals surface area contributed by atoms with Crippen molar-refractivity contribution in [2.75, 3.05) is 7.11 Å². The number of carbonyl (C=O) groups is 1. The van der Waals surface area contributed by atoms with Gasteiger partial charge in [-0.2, -0.15) is 0 Å². The second-order valence-electron chi connectivity index (χ2n) is 7.19. The molecule has 0 atom stereocenters. The SMILES string of the molecule is COc1ccc(/C=C/C(=O)Oc2c(-c3ccccc3Cl)oc3cc(C)c(Cl)cc3c2=O)cc1. The molecule has 0 aliphatic rings. The summed E-state index contributed by atoms with van der Waals surface area (Å²) in [5.74, 6) is -0.253. The van der Waals surface area contributed by atoms with Crippen LogP contribution in [-0.4, -0.2) is 13.1 Å². The monoisotopic (exact) mass is 480 g/mol. The van der Waals surface area contributed by atoms with E-state index in [1.807, 2.05) is 0 Å². The van der Waals surface area contributed by atoms with Crippen LogP contribution in [-0.2, 0) is 4.79 Å². The third-order valence-corrected chi connectivity index (χ3v) is 5.72. The van der Waals surface area contributed by atoms with E-state index in [1.165, 1.54) is 12.1 Å². The smallest absolute Gasteiger partial charge is 0.336 e. The first-order valence-electron chi connectivity index (χ1n) is 9.93. The van der Waals surface area contributed by atoms with Crippen LogP contribution in [0.4, 0.5) is 0 Å². The van der Waals surface area contributed by atoms with Crippen LogP contribution in [0.5, 0.6) is 11.5 Å². The van der Waals surface area contributed by atoms with Crippen LogP contribution < -0.4 is 14.9 Å². The Morgan fingerprint density at radius 1 is 1.00 bits per heavy atom. The number of fused-ring (bicyclic) bond motifs is 1. The number of benzene rings is 3. The van der Waals surface area contributed by atoms with E-state index in [9.17, 15) is 9.59 Å². The van der Waals surface area contributed by atoms with Crippen LogP contribution in [0.3, 0.4) is 0 Å². The molecule has 0 spiro atoms. The zero-order valence-corrected chi connectivity index (χ0v) is 19.2. The van der Waals surface area contributed by atoms with E-state index in [0.29, 0.717) is 26.9 Å². The summed E-state index contributed by atoms with van der Waals surface area (Å²) in [6, 6.07) is 17.1. The van der Waals surface area contributed by atoms with Gasteiger partial charge in [0.05, 0.1) is 17.5 Å². The van der Waals surface area contributed by atoms with Gasteiger partial charge in [-0.15, -0.1) is 0 Å². The van der Waals surface area contributed by atoms with Gasteiger partial charge in [0.1, 0.15) is 11.3 Å². The third-order valence-electron chi connectivity index (χ3n) is 4.98. The molecule has 0 aliphatic heterocycles. The summed E-state index contributed by atoms with van der Waals surface area (Å²) in [4.78, 5) is 25.9. The zero-order chi connectivity index (χ0) is 23.5. The first kappa shape index (κ1) is 22.6. The number of rotatable bonds is 5. The summed E-state index contributed by atoms with van der Waals surface area (Å²) in [7, 11) is 1.57. The molecule has 0 radical (unpaired) electrons. The minimum absolute atomic E-state index is 0.0611. The molecule has 166 valence electrons. The largest absolute Gasteiger partial charge is 0.497 e. The molecule has 4 aromatic rings. The fourth-order valence-electron chi connectivity index (χ4n) is 3.23. The molecule has 0 bridgehead atoms. The molecule has 0 unspecified atom stereocenters. The quantitative estimate of drug-likeness (QED) is 0.234. The molecular weight excluding hydrogens is 463 g/mol. The molecule has 0 aliphatic carbocycles. The lowest BCUT2D eigenvalue weighted by atomic mass is 10.1. The number of hydrogen-bond acceptors (Lipinski definition) is 5. The average molecular weight is 481 g/mol. The molecule has 0 fully saturated rings. The van der Waals surface area contributed by atoms with Crippen LogP contribution in [0.2, 0.25) is 10.0 Å². The maximum absolute atomic E-state index is 13.3. The van der Waals surface area contributed by atoms with Gasteiger partial charge >= 0.3 is 5.97 Å². The highest BCUT2D eigenvalue weighted by molar-refractivity contribution is 6.33. The molecule has 0 saturated carbocycles. The molecule has 0 saturated heterocycles. The molecule has 7 heteroatoms. The molecule has 5 nitrogen and oxygen atoms in total. The van der Waals surface area contributed by atoms with E-state index >= 15 is 0 Å². The topological polar surface area (TPSA) is 65.7 Å². The number of hydrogen-bond donors (Lipinski definition) is 0. The van der Waals surface area contributed by atoms with Gasteiger partial charge in [0.25, 0.3) is 0 Å². The molecule has 3 aromatic carbocycles. The fourth-order valence-corrected chi connectivity index (χ4v) is 3.61. The predicted molar refractivity (Wildman–Crippen MR) is 130 cm³/mol. The number of halogens is 2. The van der Waals surface area contributed by atoms with Crippen molar-refractivity contribution in [3.05, 3.63) is 98.1 Å². The minimum Gasteiger partial charge on any atom is -0.497 e. The van der Waals surface area contributed by atoms with Crippen molar-refractivity contribution >= 4 is 46.2 Å². The van der Waals surface area contributed by atoms with Crippen LogP contribution >= 0.6 is 23.2 Å². The lowest BCUT2D eigenvalue weighted by Gasteiger charge is -2.11. The van der Waals surface area contributed by atoms with Crippen molar-refractivity contribution in [2.45, 2.75) is 6.92 Å². The van der Waals surface area contributed by atoms with Crippen molar-refractivity contribution in [1.29, 1.82) is 0 Å². The van der Waals surface area contributed by atoms with Crippen molar-refractivity contribution in [1.82, 2.24) is 0 Å². The summed E-state index contributed by atoms with van der Waals surface area (Å²) in [6.45, 7) is 1.80. The zero-order valence-electron chi connectivity index (χ0n) is 17.7. The van der Waals surface area contributed by atoms with Crippen LogP contribution in [0, 0.1) is 6.92 Å². The Labute approximate surface area is 199 Å². The van der Waals surface area contributed by atoms with Crippen molar-refractivity contribution in [2.24, 2.45) is 0 Å². The van der Waals surface area contributed by atoms with E-state index in [2.05, 4.69) is 0 Å². The summed E-state index contributed by atoms with van der Waals surface area (Å²) in [5, 5.41) is 0.942. The molecule has 4 rings (SSSR count). The molecule has 1 aromatic heterocycles. The first-order chi connectivity index (χ1) is 15.9. The summed E-state index contributed by atoms with van der Waals surface area (Å²) >= 11 is 12.6. The van der Waals surface area contributed by atoms with E-state index in [0.717, 1.165) is 11.1 Å². The highest BCUT2D eigenvalue weighted by Gasteiger charge is 2.22. The summed E-state index contributed by atoms with van der Waals surface area (Å²) < 4.78 is 16.6. The number of methoxy groups -OCH3 is 1. The number of esters is 1. The molecular formula is C26H18Cl2O5. The van der Waals surface area contributed by atoms with E-state index in [-0.39, 0.29) is 16.9 Å². The summed E-state index contributed by atoms with van der Waals surface area (Å²) in [6.07, 6.45) is 2.80. The van der Waals surface area contributed by atoms with Crippen LogP contribution in [0.15, 0.2) is 76.0 Å². The van der Waals surface area contributed by atoms with Crippen molar-refractivity contribution in [3.63, 3.8) is 0 Å². The van der Waals surface area contributed by atoms with Gasteiger partial charge in [0, 0.05) is 16.7 Å². The maximum atomic E-state index is 13.3. The Balaban J connectivity index is 1.78. The second-order valence-corrected chi connectivity index (χ2v) is 8.01. The normalized spacial score (nSPS) is 11.2. The van der Waals surface area contributed by atoms with Gasteiger partial charge in [-0.3, -0.25) is 4.79 Å². The molecule has 1 heterocycles. The van der Waals surface area contributed by atoms with E-state index < -0.39 is 11.4 Å². The highest BCUT2D eigenvalue weighted by atomic mass is 35.5. The molecule has 0 amide bonds. The second kappa shape index (κ2) is 9.53. The maximum Gasteiger partial charge on any atom is 0.336 e. The Morgan fingerprint density at radius 3 is 2.42 bits per heavy atom. The standard InChI is InChI=1S/C26H18Cl2O5/c1-15-13-22-19(14-21(15)28)24(30)26(25(32-22)18-5-3-4-6-20(18)27)33-23(29)12-9-16-7-10-17(31-2)11-8-16/h3-14H,1-2H3/b12-9+. The lowest BCUT2D eigenvalue weighted by Crippen LogP contribution is -2.14. The number of ether oxygens (including phenoxy) is 2. The van der Waals surface area contributed by atoms with Gasteiger partial charge in [-0.1, -0.05) is 47.5 Å². The van der Waals surface area contributed by atoms with Crippen LogP contribution in [0.25, 0.3) is 28.4 Å². The van der Waals surface area contributed by atoms with Crippen LogP contribution in [0.1, 0.15) is 11.1 Å². The first-order valence-corrected chi connectivity index (χ1v) is 10.7. The van der Waals surface area contributed by atoms with Gasteiger partial charge in [-0.25, -0.2) is 4.79 Å². The number of aryl methyl sites for hydroxylation is 1. The third kappa shape index (κ3) is 4.80. The minimum atomic E-state index is -0.746. The van der Waals surface area contributed by atoms with Gasteiger partial charge in [0.15, 0.2) is 5.76 Å². The number of carbonyl (C=O) groups excluding carboxylic acids is 1.